The van der Waals surface area contributed by atoms with Crippen molar-refractivity contribution in [3.05, 3.63) is 58.1 Å². The number of hydrogen-bond donors (Lipinski definition) is 3. The van der Waals surface area contributed by atoms with E-state index in [1.807, 2.05) is 24.3 Å². The highest BCUT2D eigenvalue weighted by Gasteiger charge is 2.33. The lowest BCUT2D eigenvalue weighted by Crippen LogP contribution is -2.58. The molecule has 1 fully saturated rings. The molecule has 9 heteroatoms. The fourth-order valence-electron chi connectivity index (χ4n) is 3.16. The molecule has 1 unspecified atom stereocenters. The minimum absolute atomic E-state index is 0.0781. The van der Waals surface area contributed by atoms with Gasteiger partial charge < -0.3 is 20.9 Å². The van der Waals surface area contributed by atoms with Gasteiger partial charge in [0, 0.05) is 18.8 Å². The van der Waals surface area contributed by atoms with Crippen LogP contribution in [-0.2, 0) is 16.0 Å². The number of benzene rings is 2. The molecule has 1 heterocycles. The second-order valence-electron chi connectivity index (χ2n) is 6.83. The van der Waals surface area contributed by atoms with Gasteiger partial charge >= 0.3 is 0 Å². The first-order valence-electron chi connectivity index (χ1n) is 9.57. The average Bonchev–Trinajstić information content (AvgIpc) is 2.73. The van der Waals surface area contributed by atoms with Crippen LogP contribution in [0, 0.1) is 0 Å². The van der Waals surface area contributed by atoms with E-state index in [0.29, 0.717) is 28.9 Å². The summed E-state index contributed by atoms with van der Waals surface area (Å²) in [5, 5.41) is 9.66. The van der Waals surface area contributed by atoms with E-state index in [0.717, 1.165) is 12.1 Å². The van der Waals surface area contributed by atoms with E-state index in [1.165, 1.54) is 5.56 Å². The first kappa shape index (κ1) is 22.3. The summed E-state index contributed by atoms with van der Waals surface area (Å²) in [6.45, 7) is 3.04. The van der Waals surface area contributed by atoms with E-state index in [4.69, 9.17) is 35.4 Å². The van der Waals surface area contributed by atoms with Gasteiger partial charge in [-0.3, -0.25) is 9.59 Å². The summed E-state index contributed by atoms with van der Waals surface area (Å²) >= 11 is 17.7. The predicted octanol–water partition coefficient (Wildman–Crippen LogP) is 4.08. The van der Waals surface area contributed by atoms with Gasteiger partial charge in [0.05, 0.1) is 22.2 Å². The van der Waals surface area contributed by atoms with Crippen LogP contribution in [0.4, 0.5) is 11.4 Å². The molecule has 1 aliphatic rings. The third-order valence-corrected chi connectivity index (χ3v) is 5.97. The molecule has 3 N–H and O–H groups in total. The zero-order valence-electron chi connectivity index (χ0n) is 16.4. The van der Waals surface area contributed by atoms with Gasteiger partial charge in [-0.2, -0.15) is 0 Å². The molecule has 6 nitrogen and oxygen atoms in total. The second kappa shape index (κ2) is 10.1. The lowest BCUT2D eigenvalue weighted by molar-refractivity contribution is -0.130. The topological polar surface area (TPSA) is 73.5 Å². The summed E-state index contributed by atoms with van der Waals surface area (Å²) < 4.78 is 0. The molecule has 158 valence electrons. The quantitative estimate of drug-likeness (QED) is 0.581. The van der Waals surface area contributed by atoms with Crippen LogP contribution < -0.4 is 16.0 Å². The normalized spacial score (nSPS) is 16.0. The lowest BCUT2D eigenvalue weighted by Gasteiger charge is -2.36. The van der Waals surface area contributed by atoms with Crippen LogP contribution in [0.3, 0.4) is 0 Å². The molecule has 2 aromatic carbocycles. The molecule has 0 aromatic heterocycles. The van der Waals surface area contributed by atoms with Crippen LogP contribution in [0.1, 0.15) is 18.9 Å². The Hall–Kier alpha value is -2.35. The van der Waals surface area contributed by atoms with Crippen LogP contribution in [0.25, 0.3) is 0 Å². The zero-order valence-corrected chi connectivity index (χ0v) is 18.7. The molecule has 3 rings (SSSR count). The Morgan fingerprint density at radius 3 is 2.63 bits per heavy atom. The van der Waals surface area contributed by atoms with Crippen molar-refractivity contribution in [2.45, 2.75) is 25.8 Å². The van der Waals surface area contributed by atoms with Gasteiger partial charge in [0.15, 0.2) is 5.11 Å². The third-order valence-electron chi connectivity index (χ3n) is 4.81. The van der Waals surface area contributed by atoms with Crippen molar-refractivity contribution in [1.29, 1.82) is 0 Å². The van der Waals surface area contributed by atoms with Gasteiger partial charge in [-0.15, -0.1) is 0 Å². The molecular formula is C21H22Cl2N4O2S. The van der Waals surface area contributed by atoms with Gasteiger partial charge in [0.2, 0.25) is 11.8 Å². The number of halogens is 2. The van der Waals surface area contributed by atoms with Crippen molar-refractivity contribution in [2.75, 3.05) is 23.7 Å². The van der Waals surface area contributed by atoms with E-state index in [-0.39, 0.29) is 23.3 Å². The summed E-state index contributed by atoms with van der Waals surface area (Å²) in [6, 6.07) is 12.2. The molecule has 0 saturated carbocycles. The lowest BCUT2D eigenvalue weighted by atomic mass is 10.1. The highest BCUT2D eigenvalue weighted by atomic mass is 35.5. The molecule has 0 spiro atoms. The smallest absolute Gasteiger partial charge is 0.243 e. The first-order valence-corrected chi connectivity index (χ1v) is 10.7. The third kappa shape index (κ3) is 5.41. The fourth-order valence-corrected chi connectivity index (χ4v) is 3.84. The maximum Gasteiger partial charge on any atom is 0.243 e. The Morgan fingerprint density at radius 1 is 1.20 bits per heavy atom. The van der Waals surface area contributed by atoms with E-state index in [1.54, 1.807) is 23.1 Å². The average molecular weight is 465 g/mol. The minimum Gasteiger partial charge on any atom is -0.353 e. The second-order valence-corrected chi connectivity index (χ2v) is 8.01. The summed E-state index contributed by atoms with van der Waals surface area (Å²) in [6.07, 6.45) is 0.871. The molecule has 2 aromatic rings. The molecule has 1 atom stereocenters. The Labute approximate surface area is 190 Å². The Kier molecular flexibility index (Phi) is 7.53. The van der Waals surface area contributed by atoms with Gasteiger partial charge in [-0.1, -0.05) is 48.3 Å². The van der Waals surface area contributed by atoms with Gasteiger partial charge in [0.25, 0.3) is 0 Å². The van der Waals surface area contributed by atoms with Gasteiger partial charge in [-0.05, 0) is 48.5 Å². The van der Waals surface area contributed by atoms with E-state index < -0.39 is 6.04 Å². The molecule has 2 amide bonds. The summed E-state index contributed by atoms with van der Waals surface area (Å²) in [5.41, 5.74) is 2.45. The molecule has 0 aliphatic carbocycles. The minimum atomic E-state index is -0.730. The van der Waals surface area contributed by atoms with Crippen LogP contribution in [0.15, 0.2) is 42.5 Å². The Bertz CT molecular complexity index is 953. The first-order chi connectivity index (χ1) is 14.4. The zero-order chi connectivity index (χ0) is 21.7. The van der Waals surface area contributed by atoms with Crippen molar-refractivity contribution >= 4 is 63.7 Å². The standard InChI is InChI=1S/C21H22Cl2N4O2S/c1-2-13-6-8-14(9-7-13)25-21(30)27-11-10-24-20(29)17(27)12-18(28)26-16-5-3-4-15(22)19(16)23/h3-9,17H,2,10-12H2,1H3,(H,24,29)(H,25,30)(H,26,28). The summed E-state index contributed by atoms with van der Waals surface area (Å²) in [4.78, 5) is 26.8. The highest BCUT2D eigenvalue weighted by Crippen LogP contribution is 2.29. The number of thiocarbonyl (C=S) groups is 1. The number of aryl methyl sites for hydroxylation is 1. The number of carbonyl (C=O) groups excluding carboxylic acids is 2. The number of nitrogens with zero attached hydrogens (tertiary/aromatic N) is 1. The van der Waals surface area contributed by atoms with Gasteiger partial charge in [0.1, 0.15) is 6.04 Å². The highest BCUT2D eigenvalue weighted by molar-refractivity contribution is 7.80. The van der Waals surface area contributed by atoms with E-state index in [2.05, 4.69) is 22.9 Å². The number of rotatable bonds is 5. The number of piperazine rings is 1. The molecule has 1 saturated heterocycles. The number of nitrogens with one attached hydrogen (secondary N) is 3. The summed E-state index contributed by atoms with van der Waals surface area (Å²) in [7, 11) is 0. The maximum atomic E-state index is 12.6. The molecule has 30 heavy (non-hydrogen) atoms. The van der Waals surface area contributed by atoms with Crippen molar-refractivity contribution < 1.29 is 9.59 Å². The fraction of sp³-hybridized carbons (Fsp3) is 0.286. The number of anilines is 2. The van der Waals surface area contributed by atoms with Crippen LogP contribution in [-0.4, -0.2) is 41.0 Å². The Morgan fingerprint density at radius 2 is 1.93 bits per heavy atom. The molecule has 0 bridgehead atoms. The van der Waals surface area contributed by atoms with Crippen molar-refractivity contribution in [3.63, 3.8) is 0 Å². The van der Waals surface area contributed by atoms with Crippen LogP contribution in [0.2, 0.25) is 10.0 Å². The number of amides is 2. The van der Waals surface area contributed by atoms with Crippen molar-refractivity contribution in [3.8, 4) is 0 Å². The van der Waals surface area contributed by atoms with Crippen molar-refractivity contribution in [1.82, 2.24) is 10.2 Å². The monoisotopic (exact) mass is 464 g/mol. The predicted molar refractivity (Wildman–Crippen MR) is 125 cm³/mol. The van der Waals surface area contributed by atoms with Crippen molar-refractivity contribution in [2.24, 2.45) is 0 Å². The van der Waals surface area contributed by atoms with Gasteiger partial charge in [-0.25, -0.2) is 0 Å². The number of hydrogen-bond acceptors (Lipinski definition) is 3. The largest absolute Gasteiger partial charge is 0.353 e. The molecule has 1 aliphatic heterocycles. The van der Waals surface area contributed by atoms with Crippen LogP contribution >= 0.6 is 35.4 Å². The maximum absolute atomic E-state index is 12.6. The molecule has 0 radical (unpaired) electrons. The summed E-state index contributed by atoms with van der Waals surface area (Å²) in [5.74, 6) is -0.611. The number of carbonyl (C=O) groups is 2. The molecular weight excluding hydrogens is 443 g/mol. The van der Waals surface area contributed by atoms with E-state index >= 15 is 0 Å². The SMILES string of the molecule is CCc1ccc(NC(=S)N2CCNC(=O)C2CC(=O)Nc2cccc(Cl)c2Cl)cc1. The van der Waals surface area contributed by atoms with E-state index in [9.17, 15) is 9.59 Å². The Balaban J connectivity index is 1.68. The van der Waals surface area contributed by atoms with Crippen LogP contribution in [0.5, 0.6) is 0 Å².